The van der Waals surface area contributed by atoms with Crippen LogP contribution in [0, 0.1) is 0 Å². The summed E-state index contributed by atoms with van der Waals surface area (Å²) < 4.78 is 6.66. The van der Waals surface area contributed by atoms with Gasteiger partial charge in [-0.25, -0.2) is 9.59 Å². The molecule has 2 aromatic heterocycles. The van der Waals surface area contributed by atoms with Crippen molar-refractivity contribution in [2.24, 2.45) is 0 Å². The molecule has 1 aliphatic rings. The van der Waals surface area contributed by atoms with Crippen LogP contribution >= 0.6 is 11.6 Å². The van der Waals surface area contributed by atoms with Crippen LogP contribution in [0.2, 0.25) is 5.02 Å². The molecule has 3 heterocycles. The summed E-state index contributed by atoms with van der Waals surface area (Å²) in [5.41, 5.74) is 1.74. The number of aliphatic hydroxyl groups is 1. The number of aromatic nitrogens is 4. The van der Waals surface area contributed by atoms with Crippen LogP contribution in [0.4, 0.5) is 21.9 Å². The topological polar surface area (TPSA) is 225 Å². The van der Waals surface area contributed by atoms with Crippen LogP contribution in [-0.4, -0.2) is 96.3 Å². The van der Waals surface area contributed by atoms with Crippen molar-refractivity contribution in [3.8, 4) is 5.69 Å². The van der Waals surface area contributed by atoms with Gasteiger partial charge in [-0.05, 0) is 90.9 Å². The van der Waals surface area contributed by atoms with Gasteiger partial charge >= 0.3 is 23.8 Å². The Bertz CT molecular complexity index is 2190. The summed E-state index contributed by atoms with van der Waals surface area (Å²) in [4.78, 5) is 68.2. The first kappa shape index (κ1) is 36.5. The molecule has 5 N–H and O–H groups in total. The van der Waals surface area contributed by atoms with Crippen molar-refractivity contribution >= 4 is 69.4 Å². The number of fused-ring (bicyclic) bond motifs is 1. The van der Waals surface area contributed by atoms with Crippen LogP contribution in [0.15, 0.2) is 77.5 Å². The Morgan fingerprint density at radius 3 is 2.40 bits per heavy atom. The Morgan fingerprint density at radius 1 is 0.943 bits per heavy atom. The van der Waals surface area contributed by atoms with E-state index in [1.807, 2.05) is 0 Å². The maximum Gasteiger partial charge on any atom is 0.371 e. The van der Waals surface area contributed by atoms with Gasteiger partial charge in [-0.15, -0.1) is 5.10 Å². The second kappa shape index (κ2) is 15.1. The molecule has 0 radical (unpaired) electrons. The molecule has 0 aliphatic carbocycles. The number of nitrogens with zero attached hydrogens (tertiary/aromatic N) is 6. The van der Waals surface area contributed by atoms with Gasteiger partial charge in [0.1, 0.15) is 18.0 Å². The van der Waals surface area contributed by atoms with E-state index in [4.69, 9.17) is 16.0 Å². The average molecular weight is 744 g/mol. The normalized spacial score (nSPS) is 14.0. The summed E-state index contributed by atoms with van der Waals surface area (Å²) >= 11 is 6.28. The Balaban J connectivity index is 1.25. The van der Waals surface area contributed by atoms with Gasteiger partial charge in [0.05, 0.1) is 11.4 Å². The Labute approximate surface area is 306 Å². The molecule has 1 unspecified atom stereocenters. The molecule has 1 fully saturated rings. The van der Waals surface area contributed by atoms with E-state index in [1.165, 1.54) is 51.1 Å². The average Bonchev–Trinajstić information content (AvgIpc) is 3.80. The number of amides is 5. The fraction of sp³-hybridized carbons (Fsp3) is 0.257. The van der Waals surface area contributed by atoms with Crippen molar-refractivity contribution < 1.29 is 38.6 Å². The molecule has 0 bridgehead atoms. The standard InChI is InChI=1S/C35H34ClN9O8/c1-35(2,11-14-46)40-34(52)39-23-6-3-20(4-7-23)15-27(30(47)38-24-8-10-28-21(16-24)17-29(53-28)33(50)51)44-13-12-43(31(48)32(44)49)26-18-22(36)5-9-25(26)45-19-37-41-42-45/h3-10,16-19,27,46H,11-15H2,1-2H3,(H,38,47)(H,50,51)(H2,39,40,52). The Kier molecular flexibility index (Phi) is 10.4. The lowest BCUT2D eigenvalue weighted by atomic mass is 10.0. The highest BCUT2D eigenvalue weighted by molar-refractivity contribution is 6.41. The first-order chi connectivity index (χ1) is 25.3. The van der Waals surface area contributed by atoms with E-state index in [9.17, 15) is 34.2 Å². The molecule has 1 saturated heterocycles. The number of aromatic carboxylic acids is 1. The lowest BCUT2D eigenvalue weighted by Crippen LogP contribution is -2.60. The van der Waals surface area contributed by atoms with Gasteiger partial charge in [-0.1, -0.05) is 23.7 Å². The van der Waals surface area contributed by atoms with Crippen LogP contribution in [0.5, 0.6) is 0 Å². The zero-order chi connectivity index (χ0) is 37.9. The zero-order valence-electron chi connectivity index (χ0n) is 28.4. The van der Waals surface area contributed by atoms with Crippen LogP contribution in [0.1, 0.15) is 36.4 Å². The summed E-state index contributed by atoms with van der Waals surface area (Å²) in [5, 5.41) is 38.8. The molecule has 1 aliphatic heterocycles. The fourth-order valence-corrected chi connectivity index (χ4v) is 6.08. The first-order valence-corrected chi connectivity index (χ1v) is 16.7. The van der Waals surface area contributed by atoms with Crippen molar-refractivity contribution in [3.63, 3.8) is 0 Å². The Morgan fingerprint density at radius 2 is 1.70 bits per heavy atom. The van der Waals surface area contributed by atoms with Crippen molar-refractivity contribution in [1.29, 1.82) is 0 Å². The summed E-state index contributed by atoms with van der Waals surface area (Å²) in [6.07, 6.45) is 1.69. The number of carbonyl (C=O) groups is 5. The molecule has 5 amide bonds. The predicted octanol–water partition coefficient (Wildman–Crippen LogP) is 3.47. The van der Waals surface area contributed by atoms with Crippen LogP contribution in [-0.2, 0) is 20.8 Å². The van der Waals surface area contributed by atoms with Gasteiger partial charge in [0.25, 0.3) is 0 Å². The monoisotopic (exact) mass is 743 g/mol. The third-order valence-electron chi connectivity index (χ3n) is 8.58. The van der Waals surface area contributed by atoms with E-state index >= 15 is 0 Å². The number of halogens is 1. The minimum Gasteiger partial charge on any atom is -0.475 e. The van der Waals surface area contributed by atoms with Crippen LogP contribution in [0.25, 0.3) is 16.7 Å². The quantitative estimate of drug-likeness (QED) is 0.116. The number of aliphatic hydroxyl groups excluding tert-OH is 1. The maximum atomic E-state index is 14.0. The minimum absolute atomic E-state index is 0.00731. The third kappa shape index (κ3) is 8.26. The number of nitrogens with one attached hydrogen (secondary N) is 3. The molecule has 3 aromatic carbocycles. The number of hydrogen-bond acceptors (Lipinski definition) is 10. The number of carboxylic acid groups (broad SMARTS) is 1. The highest BCUT2D eigenvalue weighted by atomic mass is 35.5. The molecule has 53 heavy (non-hydrogen) atoms. The van der Waals surface area contributed by atoms with Crippen molar-refractivity contribution in [3.05, 3.63) is 89.4 Å². The van der Waals surface area contributed by atoms with Crippen molar-refractivity contribution in [2.75, 3.05) is 35.2 Å². The minimum atomic E-state index is -1.25. The summed E-state index contributed by atoms with van der Waals surface area (Å²) in [6, 6.07) is 15.7. The molecule has 5 aromatic rings. The summed E-state index contributed by atoms with van der Waals surface area (Å²) in [5.74, 6) is -3.96. The van der Waals surface area contributed by atoms with Gasteiger partial charge < -0.3 is 40.4 Å². The van der Waals surface area contributed by atoms with E-state index in [-0.39, 0.29) is 31.9 Å². The number of hydrogen-bond donors (Lipinski definition) is 5. The molecule has 274 valence electrons. The highest BCUT2D eigenvalue weighted by Crippen LogP contribution is 2.30. The molecule has 17 nitrogen and oxygen atoms in total. The van der Waals surface area contributed by atoms with E-state index in [0.29, 0.717) is 50.7 Å². The second-order valence-electron chi connectivity index (χ2n) is 12.9. The number of benzene rings is 3. The predicted molar refractivity (Wildman–Crippen MR) is 192 cm³/mol. The van der Waals surface area contributed by atoms with Crippen molar-refractivity contribution in [1.82, 2.24) is 30.4 Å². The molecular weight excluding hydrogens is 710 g/mol. The van der Waals surface area contributed by atoms with Gasteiger partial charge in [0.2, 0.25) is 11.7 Å². The third-order valence-corrected chi connectivity index (χ3v) is 8.82. The molecule has 1 atom stereocenters. The number of tetrazole rings is 1. The van der Waals surface area contributed by atoms with E-state index in [2.05, 4.69) is 31.5 Å². The largest absolute Gasteiger partial charge is 0.475 e. The number of piperazine rings is 1. The van der Waals surface area contributed by atoms with Gasteiger partial charge in [0.15, 0.2) is 0 Å². The van der Waals surface area contributed by atoms with Crippen LogP contribution < -0.4 is 20.9 Å². The van der Waals surface area contributed by atoms with Gasteiger partial charge in [0, 0.05) is 53.4 Å². The van der Waals surface area contributed by atoms with Crippen molar-refractivity contribution in [2.45, 2.75) is 38.3 Å². The van der Waals surface area contributed by atoms with Gasteiger partial charge in [-0.2, -0.15) is 4.68 Å². The van der Waals surface area contributed by atoms with E-state index in [1.54, 1.807) is 50.2 Å². The van der Waals surface area contributed by atoms with E-state index < -0.39 is 41.3 Å². The smallest absolute Gasteiger partial charge is 0.371 e. The molecule has 0 spiro atoms. The lowest BCUT2D eigenvalue weighted by Gasteiger charge is -2.38. The SMILES string of the molecule is CC(C)(CCO)NC(=O)Nc1ccc(CC(C(=O)Nc2ccc3oc(C(=O)O)cc3c2)N2CCN(c3cc(Cl)ccc3-n3cnnn3)C(=O)C2=O)cc1. The molecular formula is C35H34ClN9O8. The number of carboxylic acids is 1. The first-order valence-electron chi connectivity index (χ1n) is 16.3. The number of urea groups is 1. The second-order valence-corrected chi connectivity index (χ2v) is 13.3. The fourth-order valence-electron chi connectivity index (χ4n) is 5.91. The molecule has 6 rings (SSSR count). The Hall–Kier alpha value is -6.33. The summed E-state index contributed by atoms with van der Waals surface area (Å²) in [7, 11) is 0. The number of carbonyl (C=O) groups excluding carboxylic acids is 4. The number of furan rings is 1. The zero-order valence-corrected chi connectivity index (χ0v) is 29.2. The summed E-state index contributed by atoms with van der Waals surface area (Å²) in [6.45, 7) is 3.45. The number of rotatable bonds is 12. The van der Waals surface area contributed by atoms with E-state index in [0.717, 1.165) is 0 Å². The highest BCUT2D eigenvalue weighted by Gasteiger charge is 2.40. The molecule has 0 saturated carbocycles. The number of anilines is 3. The van der Waals surface area contributed by atoms with Crippen LogP contribution in [0.3, 0.4) is 0 Å². The lowest BCUT2D eigenvalue weighted by molar-refractivity contribution is -0.149. The van der Waals surface area contributed by atoms with Gasteiger partial charge in [-0.3, -0.25) is 14.4 Å². The molecule has 18 heteroatoms. The maximum absolute atomic E-state index is 14.0.